The molecule has 2 aliphatic heterocycles. The van der Waals surface area contributed by atoms with Gasteiger partial charge in [0.1, 0.15) is 51.8 Å². The lowest BCUT2D eigenvalue weighted by molar-refractivity contribution is -0.385. The Morgan fingerprint density at radius 2 is 0.793 bits per heavy atom. The van der Waals surface area contributed by atoms with Crippen LogP contribution >= 0.6 is 14.7 Å². The molecule has 20 heteroatoms. The van der Waals surface area contributed by atoms with Crippen LogP contribution in [0.4, 0.5) is 21.5 Å². The number of aromatic hydroxyl groups is 2. The second-order valence-electron chi connectivity index (χ2n) is 18.3. The van der Waals surface area contributed by atoms with Crippen LogP contribution in [-0.2, 0) is 9.13 Å². The van der Waals surface area contributed by atoms with Gasteiger partial charge in [-0.25, -0.2) is 4.39 Å². The zero-order valence-electron chi connectivity index (χ0n) is 42.3. The molecule has 0 radical (unpaired) electrons. The van der Waals surface area contributed by atoms with Crippen molar-refractivity contribution in [2.24, 2.45) is 0 Å². The van der Waals surface area contributed by atoms with Gasteiger partial charge in [-0.2, -0.15) is 0 Å². The first-order chi connectivity index (χ1) is 39.6. The van der Waals surface area contributed by atoms with E-state index in [1.54, 1.807) is 84.9 Å². The molecule has 2 atom stereocenters. The lowest BCUT2D eigenvalue weighted by atomic mass is 10.0. The van der Waals surface area contributed by atoms with Gasteiger partial charge in [0.2, 0.25) is 0 Å². The standard InChI is InChI=1S/C34H21N2O8P.C22H15O4P.C6H4FNO2/c37-35(38)22-13-17-24(18-14-22)42-31-21-33(45(41)32-12-6-4-9-28(32)26-7-3-5-11-30(26)44-45)34(29-10-2-1-8-27(29)31)43-25-19-15-23(16-20-25)36(39)40;23-18-13-21(22(24)17-10-2-1-7-14(17)18)27(25)20-12-6-4-9-16(20)15-8-3-5-11-19(15)26-27;7-5-1-3-6(4-2-5)8(9)10/h1-21H;1-13,23-24H;1-4H. The molecule has 0 saturated heterocycles. The molecule has 11 aromatic carbocycles. The number of nitro benzene ring substituents is 3. The Hall–Kier alpha value is -10.7. The molecule has 17 nitrogen and oxygen atoms in total. The average Bonchev–Trinajstić information content (AvgIpc) is 2.53. The second-order valence-corrected chi connectivity index (χ2v) is 22.8. The molecule has 0 spiro atoms. The first-order valence-corrected chi connectivity index (χ1v) is 28.1. The zero-order chi connectivity index (χ0) is 57.3. The smallest absolute Gasteiger partial charge is 0.311 e. The van der Waals surface area contributed by atoms with Crippen molar-refractivity contribution in [3.05, 3.63) is 267 Å². The highest BCUT2D eigenvalue weighted by Gasteiger charge is 2.43. The second kappa shape index (κ2) is 21.9. The minimum atomic E-state index is -3.95. The van der Waals surface area contributed by atoms with E-state index in [0.29, 0.717) is 55.2 Å². The van der Waals surface area contributed by atoms with Gasteiger partial charge in [0.25, 0.3) is 17.1 Å². The molecular formula is C62H40FN3O14P2. The van der Waals surface area contributed by atoms with Gasteiger partial charge in [-0.1, -0.05) is 121 Å². The number of hydrogen-bond donors (Lipinski definition) is 2. The topological polar surface area (TPSA) is 241 Å². The summed E-state index contributed by atoms with van der Waals surface area (Å²) < 4.78 is 66.8. The molecule has 2 aliphatic rings. The number of rotatable bonds is 9. The van der Waals surface area contributed by atoms with Crippen LogP contribution in [0.3, 0.4) is 0 Å². The lowest BCUT2D eigenvalue weighted by Gasteiger charge is -2.30. The maximum atomic E-state index is 15.4. The van der Waals surface area contributed by atoms with Crippen molar-refractivity contribution in [3.8, 4) is 68.2 Å². The molecule has 0 aliphatic carbocycles. The van der Waals surface area contributed by atoms with Gasteiger partial charge < -0.3 is 28.7 Å². The number of para-hydroxylation sites is 2. The molecule has 0 bridgehead atoms. The van der Waals surface area contributed by atoms with Crippen LogP contribution in [0.2, 0.25) is 0 Å². The Balaban J connectivity index is 0.000000160. The first kappa shape index (κ1) is 53.3. The van der Waals surface area contributed by atoms with Crippen LogP contribution in [0, 0.1) is 36.2 Å². The highest BCUT2D eigenvalue weighted by atomic mass is 31.2. The molecule has 82 heavy (non-hydrogen) atoms. The summed E-state index contributed by atoms with van der Waals surface area (Å²) in [6.07, 6.45) is 0. The van der Waals surface area contributed by atoms with Crippen molar-refractivity contribution in [3.63, 3.8) is 0 Å². The van der Waals surface area contributed by atoms with Crippen molar-refractivity contribution in [2.45, 2.75) is 0 Å². The van der Waals surface area contributed by atoms with Crippen LogP contribution in [-0.4, -0.2) is 25.0 Å². The highest BCUT2D eigenvalue weighted by Crippen LogP contribution is 2.58. The number of halogens is 1. The van der Waals surface area contributed by atoms with Crippen LogP contribution in [0.5, 0.6) is 46.0 Å². The van der Waals surface area contributed by atoms with Gasteiger partial charge in [-0.3, -0.25) is 39.5 Å². The van der Waals surface area contributed by atoms with Crippen molar-refractivity contribution < 1.29 is 57.0 Å². The number of ether oxygens (including phenoxy) is 2. The monoisotopic (exact) mass is 1130 g/mol. The maximum Gasteiger partial charge on any atom is 0.311 e. The van der Waals surface area contributed by atoms with E-state index in [-0.39, 0.29) is 50.7 Å². The number of benzene rings is 11. The fourth-order valence-electron chi connectivity index (χ4n) is 9.53. The third-order valence-electron chi connectivity index (χ3n) is 13.4. The van der Waals surface area contributed by atoms with Crippen LogP contribution < -0.4 is 39.7 Å². The van der Waals surface area contributed by atoms with Crippen molar-refractivity contribution in [1.82, 2.24) is 0 Å². The number of phenolic OH excluding ortho intramolecular Hbond substituents is 2. The summed E-state index contributed by atoms with van der Waals surface area (Å²) >= 11 is 0. The molecule has 0 fully saturated rings. The van der Waals surface area contributed by atoms with Crippen LogP contribution in [0.15, 0.2) is 231 Å². The molecule has 11 aromatic rings. The molecular weight excluding hydrogens is 1090 g/mol. The Morgan fingerprint density at radius 3 is 1.29 bits per heavy atom. The van der Waals surface area contributed by atoms with E-state index in [1.807, 2.05) is 66.7 Å². The molecule has 0 amide bonds. The predicted molar refractivity (Wildman–Crippen MR) is 309 cm³/mol. The average molecular weight is 1130 g/mol. The normalized spacial score (nSPS) is 15.2. The van der Waals surface area contributed by atoms with E-state index < -0.39 is 35.3 Å². The fourth-order valence-corrected chi connectivity index (χ4v) is 14.3. The van der Waals surface area contributed by atoms with Gasteiger partial charge in [0.05, 0.1) is 36.0 Å². The molecule has 13 rings (SSSR count). The number of hydrogen-bond acceptors (Lipinski definition) is 14. The van der Waals surface area contributed by atoms with Crippen LogP contribution in [0.25, 0.3) is 43.8 Å². The third-order valence-corrected chi connectivity index (χ3v) is 18.3. The summed E-state index contributed by atoms with van der Waals surface area (Å²) in [5, 5.41) is 57.2. The van der Waals surface area contributed by atoms with E-state index in [2.05, 4.69) is 0 Å². The highest BCUT2D eigenvalue weighted by molar-refractivity contribution is 7.75. The Morgan fingerprint density at radius 1 is 0.402 bits per heavy atom. The van der Waals surface area contributed by atoms with Gasteiger partial charge in [-0.15, -0.1) is 0 Å². The summed E-state index contributed by atoms with van der Waals surface area (Å²) in [7, 11) is -7.61. The van der Waals surface area contributed by atoms with Gasteiger partial charge >= 0.3 is 14.7 Å². The Bertz CT molecular complexity index is 4450. The molecule has 2 unspecified atom stereocenters. The van der Waals surface area contributed by atoms with Crippen molar-refractivity contribution in [1.29, 1.82) is 0 Å². The number of nitrogens with zero attached hydrogens (tertiary/aromatic N) is 3. The molecule has 0 saturated carbocycles. The summed E-state index contributed by atoms with van der Waals surface area (Å²) in [5.41, 5.74) is 2.90. The van der Waals surface area contributed by atoms with Crippen LogP contribution in [0.1, 0.15) is 0 Å². The Labute approximate surface area is 464 Å². The number of phenols is 2. The van der Waals surface area contributed by atoms with E-state index >= 15 is 4.57 Å². The minimum Gasteiger partial charge on any atom is -0.507 e. The van der Waals surface area contributed by atoms with Gasteiger partial charge in [0.15, 0.2) is 0 Å². The molecule has 404 valence electrons. The van der Waals surface area contributed by atoms with Gasteiger partial charge in [0, 0.05) is 69.1 Å². The van der Waals surface area contributed by atoms with E-state index in [4.69, 9.17) is 18.5 Å². The van der Waals surface area contributed by atoms with E-state index in [9.17, 15) is 49.5 Å². The quantitative estimate of drug-likeness (QED) is 0.0591. The summed E-state index contributed by atoms with van der Waals surface area (Å²) in [6, 6.07) is 62.0. The summed E-state index contributed by atoms with van der Waals surface area (Å²) in [5.74, 6) is 1.44. The zero-order valence-corrected chi connectivity index (χ0v) is 44.1. The minimum absolute atomic E-state index is 0.0476. The maximum absolute atomic E-state index is 15.4. The third kappa shape index (κ3) is 10.1. The first-order valence-electron chi connectivity index (χ1n) is 24.8. The SMILES string of the molecule is O=P1(c2cc(O)c3ccccc3c2O)Oc2ccccc2-c2ccccc21.O=[N+]([O-])c1ccc(F)cc1.O=[N+]([O-])c1ccc(Oc2cc(P3(=O)Oc4ccccc4-c4ccccc43)c(Oc3ccc([N+](=O)[O-])cc3)c3ccccc23)cc1. The number of nitro groups is 3. The fraction of sp³-hybridized carbons (Fsp3) is 0. The lowest BCUT2D eigenvalue weighted by Crippen LogP contribution is -2.26. The Kier molecular flexibility index (Phi) is 14.2. The van der Waals surface area contributed by atoms with E-state index in [0.717, 1.165) is 46.5 Å². The molecule has 0 aromatic heterocycles. The van der Waals surface area contributed by atoms with E-state index in [1.165, 1.54) is 54.6 Å². The predicted octanol–water partition coefficient (Wildman–Crippen LogP) is 14.8. The van der Waals surface area contributed by atoms with Crippen molar-refractivity contribution in [2.75, 3.05) is 0 Å². The van der Waals surface area contributed by atoms with Crippen molar-refractivity contribution >= 4 is 74.6 Å². The molecule has 2 N–H and O–H groups in total. The largest absolute Gasteiger partial charge is 0.507 e. The molecule has 2 heterocycles. The van der Waals surface area contributed by atoms with Gasteiger partial charge in [-0.05, 0) is 83.9 Å². The summed E-state index contributed by atoms with van der Waals surface area (Å²) in [6.45, 7) is 0. The summed E-state index contributed by atoms with van der Waals surface area (Å²) in [4.78, 5) is 30.9. The number of non-ortho nitro benzene ring substituents is 3. The number of fused-ring (bicyclic) bond motifs is 8.